The van der Waals surface area contributed by atoms with Crippen LogP contribution < -0.4 is 5.32 Å². The van der Waals surface area contributed by atoms with Crippen LogP contribution in [-0.4, -0.2) is 35.5 Å². The van der Waals surface area contributed by atoms with Crippen LogP contribution in [0, 0.1) is 28.6 Å². The fourth-order valence-electron chi connectivity index (χ4n) is 6.64. The van der Waals surface area contributed by atoms with Gasteiger partial charge in [-0.2, -0.15) is 5.26 Å². The molecule has 5 aliphatic rings. The minimum Gasteiger partial charge on any atom is -0.326 e. The maximum absolute atomic E-state index is 12.6. The molecule has 5 fully saturated rings. The number of nitrogens with one attached hydrogen (secondary N) is 1. The zero-order valence-electron chi connectivity index (χ0n) is 14.3. The number of carbonyl (C=O) groups excluding carboxylic acids is 1. The monoisotopic (exact) mass is 315 g/mol. The lowest BCUT2D eigenvalue weighted by molar-refractivity contribution is -0.132. The molecule has 1 aliphatic heterocycles. The Balaban J connectivity index is 1.43. The lowest BCUT2D eigenvalue weighted by Crippen LogP contribution is -2.63. The lowest BCUT2D eigenvalue weighted by atomic mass is 9.46. The molecule has 4 aliphatic carbocycles. The van der Waals surface area contributed by atoms with Gasteiger partial charge in [0, 0.05) is 12.1 Å². The van der Waals surface area contributed by atoms with E-state index in [1.165, 1.54) is 44.9 Å². The Labute approximate surface area is 139 Å². The summed E-state index contributed by atoms with van der Waals surface area (Å²) in [5.74, 6) is 1.88. The molecule has 0 aromatic rings. The first-order valence-electron chi connectivity index (χ1n) is 9.51. The molecule has 0 spiro atoms. The van der Waals surface area contributed by atoms with E-state index in [1.807, 2.05) is 0 Å². The van der Waals surface area contributed by atoms with E-state index < -0.39 is 0 Å². The molecule has 0 aromatic carbocycles. The summed E-state index contributed by atoms with van der Waals surface area (Å²) in [6, 6.07) is 2.09. The van der Waals surface area contributed by atoms with Gasteiger partial charge in [0.2, 0.25) is 5.91 Å². The maximum Gasteiger partial charge on any atom is 0.237 e. The third-order valence-corrected chi connectivity index (χ3v) is 7.27. The van der Waals surface area contributed by atoms with Crippen LogP contribution in [0.3, 0.4) is 0 Å². The maximum atomic E-state index is 12.6. The summed E-state index contributed by atoms with van der Waals surface area (Å²) >= 11 is 0. The number of nitriles is 1. The van der Waals surface area contributed by atoms with E-state index in [0.29, 0.717) is 12.0 Å². The predicted octanol–water partition coefficient (Wildman–Crippen LogP) is 2.84. The van der Waals surface area contributed by atoms with Crippen molar-refractivity contribution in [3.05, 3.63) is 0 Å². The summed E-state index contributed by atoms with van der Waals surface area (Å²) in [6.07, 6.45) is 11.1. The first-order valence-corrected chi connectivity index (χ1v) is 9.51. The number of nitrogens with zero attached hydrogens (tertiary/aromatic N) is 2. The van der Waals surface area contributed by atoms with Gasteiger partial charge in [-0.15, -0.1) is 0 Å². The van der Waals surface area contributed by atoms with Crippen molar-refractivity contribution in [3.63, 3.8) is 0 Å². The molecule has 23 heavy (non-hydrogen) atoms. The average Bonchev–Trinajstić information content (AvgIpc) is 3.00. The van der Waals surface area contributed by atoms with Gasteiger partial charge in [-0.05, 0) is 68.6 Å². The highest BCUT2D eigenvalue weighted by Gasteiger charge is 2.56. The third kappa shape index (κ3) is 2.58. The molecule has 5 rings (SSSR count). The van der Waals surface area contributed by atoms with Crippen LogP contribution in [0.4, 0.5) is 0 Å². The van der Waals surface area contributed by atoms with Gasteiger partial charge in [0.15, 0.2) is 0 Å². The van der Waals surface area contributed by atoms with Crippen molar-refractivity contribution in [2.75, 3.05) is 13.1 Å². The lowest BCUT2D eigenvalue weighted by Gasteiger charge is -2.62. The SMILES string of the molecule is CCC12CC3CC(C1)CC(NCC(=O)N1CCCC1C#N)(C3)C2. The fraction of sp³-hybridized carbons (Fsp3) is 0.895. The first kappa shape index (κ1) is 15.4. The van der Waals surface area contributed by atoms with Crippen molar-refractivity contribution in [2.24, 2.45) is 17.3 Å². The summed E-state index contributed by atoms with van der Waals surface area (Å²) < 4.78 is 0. The van der Waals surface area contributed by atoms with Crippen molar-refractivity contribution in [2.45, 2.75) is 76.3 Å². The number of hydrogen-bond donors (Lipinski definition) is 1. The summed E-state index contributed by atoms with van der Waals surface area (Å²) in [5, 5.41) is 12.9. The van der Waals surface area contributed by atoms with Gasteiger partial charge in [0.05, 0.1) is 12.6 Å². The molecule has 3 atom stereocenters. The molecule has 1 saturated heterocycles. The van der Waals surface area contributed by atoms with Crippen LogP contribution in [0.5, 0.6) is 0 Å². The molecule has 0 aromatic heterocycles. The Morgan fingerprint density at radius 1 is 1.30 bits per heavy atom. The number of rotatable bonds is 4. The van der Waals surface area contributed by atoms with Crippen LogP contribution in [-0.2, 0) is 4.79 Å². The second-order valence-corrected chi connectivity index (χ2v) is 8.82. The molecule has 1 heterocycles. The van der Waals surface area contributed by atoms with Gasteiger partial charge in [-0.25, -0.2) is 0 Å². The van der Waals surface area contributed by atoms with E-state index in [2.05, 4.69) is 18.3 Å². The highest BCUT2D eigenvalue weighted by molar-refractivity contribution is 5.79. The van der Waals surface area contributed by atoms with E-state index >= 15 is 0 Å². The van der Waals surface area contributed by atoms with Crippen molar-refractivity contribution < 1.29 is 4.79 Å². The van der Waals surface area contributed by atoms with Crippen LogP contribution in [0.2, 0.25) is 0 Å². The highest BCUT2D eigenvalue weighted by atomic mass is 16.2. The van der Waals surface area contributed by atoms with Gasteiger partial charge in [-0.3, -0.25) is 4.79 Å². The van der Waals surface area contributed by atoms with E-state index in [4.69, 9.17) is 0 Å². The number of amides is 1. The zero-order valence-corrected chi connectivity index (χ0v) is 14.3. The highest BCUT2D eigenvalue weighted by Crippen LogP contribution is 2.62. The Morgan fingerprint density at radius 3 is 2.70 bits per heavy atom. The summed E-state index contributed by atoms with van der Waals surface area (Å²) in [4.78, 5) is 14.4. The molecular formula is C19H29N3O. The van der Waals surface area contributed by atoms with Gasteiger partial charge in [-0.1, -0.05) is 13.3 Å². The molecule has 4 saturated carbocycles. The van der Waals surface area contributed by atoms with Crippen LogP contribution in [0.15, 0.2) is 0 Å². The standard InChI is InChI=1S/C19H29N3O/c1-2-18-7-14-6-15(8-18)10-19(9-14,13-18)21-12-17(23)22-5-3-4-16(22)11-20/h14-16,21H,2-10,12-13H2,1H3. The van der Waals surface area contributed by atoms with Gasteiger partial charge in [0.1, 0.15) is 6.04 Å². The number of carbonyl (C=O) groups is 1. The summed E-state index contributed by atoms with van der Waals surface area (Å²) in [6.45, 7) is 3.54. The van der Waals surface area contributed by atoms with E-state index in [-0.39, 0.29) is 17.5 Å². The fourth-order valence-corrected chi connectivity index (χ4v) is 6.64. The van der Waals surface area contributed by atoms with Crippen molar-refractivity contribution in [3.8, 4) is 6.07 Å². The second-order valence-electron chi connectivity index (χ2n) is 8.82. The van der Waals surface area contributed by atoms with Crippen LogP contribution in [0.1, 0.15) is 64.7 Å². The van der Waals surface area contributed by atoms with Crippen molar-refractivity contribution in [1.82, 2.24) is 10.2 Å². The Bertz CT molecular complexity index is 523. The zero-order chi connectivity index (χ0) is 16.1. The Hall–Kier alpha value is -1.08. The molecule has 1 amide bonds. The van der Waals surface area contributed by atoms with Gasteiger partial charge in [0.25, 0.3) is 0 Å². The Morgan fingerprint density at radius 2 is 2.04 bits per heavy atom. The molecule has 4 heteroatoms. The topological polar surface area (TPSA) is 56.1 Å². The Kier molecular flexibility index (Phi) is 3.68. The van der Waals surface area contributed by atoms with Crippen LogP contribution >= 0.6 is 0 Å². The van der Waals surface area contributed by atoms with Crippen molar-refractivity contribution in [1.29, 1.82) is 5.26 Å². The molecule has 1 N–H and O–H groups in total. The van der Waals surface area contributed by atoms with E-state index in [1.54, 1.807) is 4.90 Å². The largest absolute Gasteiger partial charge is 0.326 e. The molecule has 0 radical (unpaired) electrons. The molecule has 4 bridgehead atoms. The predicted molar refractivity (Wildman–Crippen MR) is 88.5 cm³/mol. The smallest absolute Gasteiger partial charge is 0.237 e. The van der Waals surface area contributed by atoms with E-state index in [9.17, 15) is 10.1 Å². The first-order chi connectivity index (χ1) is 11.1. The summed E-state index contributed by atoms with van der Waals surface area (Å²) in [7, 11) is 0. The number of hydrogen-bond acceptors (Lipinski definition) is 3. The van der Waals surface area contributed by atoms with Crippen LogP contribution in [0.25, 0.3) is 0 Å². The van der Waals surface area contributed by atoms with Gasteiger partial charge >= 0.3 is 0 Å². The normalized spacial score (nSPS) is 44.5. The molecule has 4 nitrogen and oxygen atoms in total. The van der Waals surface area contributed by atoms with Crippen molar-refractivity contribution >= 4 is 5.91 Å². The number of likely N-dealkylation sites (tertiary alicyclic amines) is 1. The second kappa shape index (κ2) is 5.48. The van der Waals surface area contributed by atoms with E-state index in [0.717, 1.165) is 31.2 Å². The minimum absolute atomic E-state index is 0.135. The third-order valence-electron chi connectivity index (χ3n) is 7.27. The molecular weight excluding hydrogens is 286 g/mol. The summed E-state index contributed by atoms with van der Waals surface area (Å²) in [5.41, 5.74) is 0.751. The molecule has 3 unspecified atom stereocenters. The average molecular weight is 315 g/mol. The molecule has 126 valence electrons. The minimum atomic E-state index is -0.192. The quantitative estimate of drug-likeness (QED) is 0.868. The van der Waals surface area contributed by atoms with Gasteiger partial charge < -0.3 is 10.2 Å².